The van der Waals surface area contributed by atoms with E-state index in [9.17, 15) is 14.7 Å². The lowest BCUT2D eigenvalue weighted by molar-refractivity contribution is -0.140. The first kappa shape index (κ1) is 25.2. The number of aryl methyl sites for hydroxylation is 1. The van der Waals surface area contributed by atoms with Crippen molar-refractivity contribution in [3.8, 4) is 0 Å². The highest BCUT2D eigenvalue weighted by Gasteiger charge is 2.33. The summed E-state index contributed by atoms with van der Waals surface area (Å²) < 4.78 is 0. The number of carbonyl (C=O) groups is 2. The summed E-state index contributed by atoms with van der Waals surface area (Å²) in [6.45, 7) is 0.460. The van der Waals surface area contributed by atoms with Gasteiger partial charge in [0.25, 0.3) is 0 Å². The van der Waals surface area contributed by atoms with Gasteiger partial charge in [-0.15, -0.1) is 0 Å². The van der Waals surface area contributed by atoms with Crippen molar-refractivity contribution < 1.29 is 14.7 Å². The number of rotatable bonds is 9. The average Bonchev–Trinajstić information content (AvgIpc) is 2.99. The highest BCUT2D eigenvalue weighted by atomic mass is 16.4. The van der Waals surface area contributed by atoms with Gasteiger partial charge in [-0.05, 0) is 60.9 Å². The molecule has 0 bridgehead atoms. The van der Waals surface area contributed by atoms with E-state index in [0.717, 1.165) is 35.3 Å². The van der Waals surface area contributed by atoms with Gasteiger partial charge in [-0.3, -0.25) is 14.9 Å². The number of carboxylic acid groups (broad SMARTS) is 1. The van der Waals surface area contributed by atoms with Crippen molar-refractivity contribution in [1.82, 2.24) is 5.32 Å². The number of anilines is 2. The molecule has 35 heavy (non-hydrogen) atoms. The molecule has 6 nitrogen and oxygen atoms in total. The van der Waals surface area contributed by atoms with Crippen LogP contribution >= 0.6 is 0 Å². The zero-order valence-electron chi connectivity index (χ0n) is 21.1. The summed E-state index contributed by atoms with van der Waals surface area (Å²) in [7, 11) is 4.01. The molecule has 6 heteroatoms. The van der Waals surface area contributed by atoms with Crippen LogP contribution in [0.4, 0.5) is 11.4 Å². The third kappa shape index (κ3) is 6.43. The van der Waals surface area contributed by atoms with Gasteiger partial charge in [-0.2, -0.15) is 0 Å². The second kappa shape index (κ2) is 11.7. The minimum Gasteiger partial charge on any atom is -0.480 e. The van der Waals surface area contributed by atoms with Gasteiger partial charge in [-0.1, -0.05) is 62.4 Å². The van der Waals surface area contributed by atoms with E-state index >= 15 is 0 Å². The normalized spacial score (nSPS) is 19.7. The summed E-state index contributed by atoms with van der Waals surface area (Å²) in [6.07, 6.45) is 9.01. The van der Waals surface area contributed by atoms with Crippen LogP contribution in [0.15, 0.2) is 48.5 Å². The molecule has 1 unspecified atom stereocenters. The third-order valence-electron chi connectivity index (χ3n) is 7.63. The second-order valence-corrected chi connectivity index (χ2v) is 10.3. The third-order valence-corrected chi connectivity index (χ3v) is 7.63. The molecule has 1 aliphatic carbocycles. The van der Waals surface area contributed by atoms with E-state index in [2.05, 4.69) is 40.5 Å². The number of aliphatic carboxylic acids is 1. The lowest BCUT2D eigenvalue weighted by Crippen LogP contribution is -2.51. The van der Waals surface area contributed by atoms with E-state index in [1.54, 1.807) is 0 Å². The number of para-hydroxylation sites is 1. The molecule has 4 rings (SSSR count). The monoisotopic (exact) mass is 477 g/mol. The maximum Gasteiger partial charge on any atom is 0.320 e. The lowest BCUT2D eigenvalue weighted by Gasteiger charge is -2.29. The fraction of sp³-hybridized carbons (Fsp3) is 0.517. The van der Waals surface area contributed by atoms with Crippen LogP contribution in [-0.4, -0.2) is 43.2 Å². The summed E-state index contributed by atoms with van der Waals surface area (Å²) in [4.78, 5) is 29.8. The number of hydrogen-bond acceptors (Lipinski definition) is 4. The number of nitrogens with one attached hydrogen (secondary N) is 1. The number of carbonyl (C=O) groups excluding carboxylic acids is 1. The number of benzene rings is 2. The Labute approximate surface area is 209 Å². The summed E-state index contributed by atoms with van der Waals surface area (Å²) in [5, 5.41) is 13.2. The zero-order chi connectivity index (χ0) is 24.8. The predicted molar refractivity (Wildman–Crippen MR) is 141 cm³/mol. The molecule has 1 saturated carbocycles. The van der Waals surface area contributed by atoms with Gasteiger partial charge in [0.15, 0.2) is 0 Å². The fourth-order valence-corrected chi connectivity index (χ4v) is 5.51. The standard InChI is InChI=1S/C29H39N3O3/c1-31(2)24-16-12-22(13-17-24)20-32-27-11-7-6-10-23(27)15-19-25(28(32)33)30-26(29(34)35)18-14-21-8-4-3-5-9-21/h6-7,10-13,16-17,21,25-26,30H,3-5,8-9,14-15,18-20H2,1-2H3,(H,34,35)/t25?,26-/m0/s1. The smallest absolute Gasteiger partial charge is 0.320 e. The predicted octanol–water partition coefficient (Wildman–Crippen LogP) is 5.00. The van der Waals surface area contributed by atoms with E-state index in [1.165, 1.54) is 32.1 Å². The molecule has 2 atom stereocenters. The van der Waals surface area contributed by atoms with Crippen molar-refractivity contribution in [3.63, 3.8) is 0 Å². The molecule has 0 spiro atoms. The Morgan fingerprint density at radius 1 is 1.06 bits per heavy atom. The van der Waals surface area contributed by atoms with Crippen LogP contribution in [0.2, 0.25) is 0 Å². The molecule has 2 aromatic rings. The molecule has 0 aromatic heterocycles. The first-order valence-electron chi connectivity index (χ1n) is 13.1. The van der Waals surface area contributed by atoms with Crippen LogP contribution in [0.5, 0.6) is 0 Å². The van der Waals surface area contributed by atoms with E-state index < -0.39 is 18.1 Å². The van der Waals surface area contributed by atoms with E-state index in [1.807, 2.05) is 37.2 Å². The van der Waals surface area contributed by atoms with Gasteiger partial charge in [0.05, 0.1) is 12.6 Å². The van der Waals surface area contributed by atoms with E-state index in [0.29, 0.717) is 25.3 Å². The largest absolute Gasteiger partial charge is 0.480 e. The molecule has 0 saturated heterocycles. The molecule has 2 aromatic carbocycles. The van der Waals surface area contributed by atoms with Crippen molar-refractivity contribution in [1.29, 1.82) is 0 Å². The molecule has 1 amide bonds. The maximum absolute atomic E-state index is 13.8. The van der Waals surface area contributed by atoms with Crippen LogP contribution in [0.25, 0.3) is 0 Å². The summed E-state index contributed by atoms with van der Waals surface area (Å²) >= 11 is 0. The van der Waals surface area contributed by atoms with Gasteiger partial charge in [-0.25, -0.2) is 0 Å². The van der Waals surface area contributed by atoms with Crippen LogP contribution < -0.4 is 15.1 Å². The molecular weight excluding hydrogens is 438 g/mol. The summed E-state index contributed by atoms with van der Waals surface area (Å²) in [5.41, 5.74) is 4.21. The Bertz CT molecular complexity index is 998. The molecule has 0 radical (unpaired) electrons. The van der Waals surface area contributed by atoms with Crippen LogP contribution in [0.3, 0.4) is 0 Å². The molecule has 188 valence electrons. The Hall–Kier alpha value is -2.86. The van der Waals surface area contributed by atoms with Crippen molar-refractivity contribution in [2.45, 2.75) is 76.4 Å². The highest BCUT2D eigenvalue weighted by Crippen LogP contribution is 2.30. The lowest BCUT2D eigenvalue weighted by atomic mass is 9.85. The topological polar surface area (TPSA) is 72.9 Å². The summed E-state index contributed by atoms with van der Waals surface area (Å²) in [6, 6.07) is 15.1. The number of carboxylic acids is 1. The number of fused-ring (bicyclic) bond motifs is 1. The Kier molecular flexibility index (Phi) is 8.45. The zero-order valence-corrected chi connectivity index (χ0v) is 21.1. The molecule has 1 heterocycles. The van der Waals surface area contributed by atoms with Crippen molar-refractivity contribution in [3.05, 3.63) is 59.7 Å². The quantitative estimate of drug-likeness (QED) is 0.532. The van der Waals surface area contributed by atoms with Crippen LogP contribution in [-0.2, 0) is 22.6 Å². The SMILES string of the molecule is CN(C)c1ccc(CN2C(=O)C(N[C@@H](CCC3CCCCC3)C(=O)O)CCc3ccccc32)cc1. The molecule has 1 aliphatic heterocycles. The van der Waals surface area contributed by atoms with Crippen molar-refractivity contribution in [2.75, 3.05) is 23.9 Å². The first-order chi connectivity index (χ1) is 16.9. The van der Waals surface area contributed by atoms with Crippen molar-refractivity contribution >= 4 is 23.3 Å². The number of nitrogens with zero attached hydrogens (tertiary/aromatic N) is 2. The molecule has 1 fully saturated rings. The Morgan fingerprint density at radius 2 is 1.77 bits per heavy atom. The van der Waals surface area contributed by atoms with Gasteiger partial charge < -0.3 is 14.9 Å². The fourth-order valence-electron chi connectivity index (χ4n) is 5.51. The Balaban J connectivity index is 1.51. The van der Waals surface area contributed by atoms with Gasteiger partial charge in [0, 0.05) is 25.5 Å². The molecule has 2 aliphatic rings. The van der Waals surface area contributed by atoms with Crippen molar-refractivity contribution in [2.24, 2.45) is 5.92 Å². The van der Waals surface area contributed by atoms with Crippen LogP contribution in [0.1, 0.15) is 62.5 Å². The van der Waals surface area contributed by atoms with E-state index in [-0.39, 0.29) is 5.91 Å². The van der Waals surface area contributed by atoms with Gasteiger partial charge in [0.2, 0.25) is 5.91 Å². The average molecular weight is 478 g/mol. The minimum absolute atomic E-state index is 0.0458. The van der Waals surface area contributed by atoms with Gasteiger partial charge in [0.1, 0.15) is 6.04 Å². The molecular formula is C29H39N3O3. The first-order valence-corrected chi connectivity index (χ1v) is 13.1. The van der Waals surface area contributed by atoms with Gasteiger partial charge >= 0.3 is 5.97 Å². The molecule has 2 N–H and O–H groups in total. The van der Waals surface area contributed by atoms with E-state index in [4.69, 9.17) is 0 Å². The number of amides is 1. The summed E-state index contributed by atoms with van der Waals surface area (Å²) in [5.74, 6) is -0.292. The highest BCUT2D eigenvalue weighted by molar-refractivity contribution is 5.98. The maximum atomic E-state index is 13.8. The Morgan fingerprint density at radius 3 is 2.46 bits per heavy atom. The minimum atomic E-state index is -0.860. The number of hydrogen-bond donors (Lipinski definition) is 2. The van der Waals surface area contributed by atoms with Crippen LogP contribution in [0, 0.1) is 5.92 Å². The second-order valence-electron chi connectivity index (χ2n) is 10.3.